The largest absolute Gasteiger partial charge is 0.481 e. The molecule has 0 saturated carbocycles. The van der Waals surface area contributed by atoms with E-state index < -0.39 is 61.9 Å². The summed E-state index contributed by atoms with van der Waals surface area (Å²) in [4.78, 5) is 41.9. The minimum atomic E-state index is -4.10. The molecule has 1 amide bonds. The van der Waals surface area contributed by atoms with Crippen molar-refractivity contribution in [3.05, 3.63) is 41.3 Å². The first-order valence-corrected chi connectivity index (χ1v) is 16.5. The molecule has 0 fully saturated rings. The van der Waals surface area contributed by atoms with Crippen molar-refractivity contribution in [1.82, 2.24) is 10.0 Å². The van der Waals surface area contributed by atoms with Gasteiger partial charge in [-0.05, 0) is 37.8 Å². The van der Waals surface area contributed by atoms with Gasteiger partial charge in [-0.2, -0.15) is 0 Å². The van der Waals surface area contributed by atoms with Crippen LogP contribution in [0, 0.1) is 18.8 Å². The predicted octanol–water partition coefficient (Wildman–Crippen LogP) is 0.835. The van der Waals surface area contributed by atoms with Gasteiger partial charge in [-0.15, -0.1) is 0 Å². The van der Waals surface area contributed by atoms with Gasteiger partial charge in [0.25, 0.3) is 0 Å². The van der Waals surface area contributed by atoms with Crippen LogP contribution in [0.2, 0.25) is 0 Å². The fourth-order valence-electron chi connectivity index (χ4n) is 3.84. The number of nitrogens with two attached hydrogens (primary N) is 2. The lowest BCUT2D eigenvalue weighted by molar-refractivity contribution is -0.138. The van der Waals surface area contributed by atoms with Crippen molar-refractivity contribution in [3.8, 4) is 0 Å². The molecule has 1 rings (SSSR count). The summed E-state index contributed by atoms with van der Waals surface area (Å²) in [7, 11) is -7.69. The summed E-state index contributed by atoms with van der Waals surface area (Å²) in [6.45, 7) is 5.50. The van der Waals surface area contributed by atoms with Crippen molar-refractivity contribution < 1.29 is 36.3 Å². The van der Waals surface area contributed by atoms with E-state index >= 15 is 0 Å². The Morgan fingerprint density at radius 3 is 2.20 bits per heavy atom. The number of benzene rings is 1. The topological polar surface area (TPSA) is 228 Å². The lowest BCUT2D eigenvalue weighted by Crippen LogP contribution is -2.45. The molecule has 15 heteroatoms. The fraction of sp³-hybridized carbons (Fsp3) is 0.538. The maximum atomic E-state index is 13.5. The number of carbonyl (C=O) groups excluding carboxylic acids is 2. The van der Waals surface area contributed by atoms with Crippen molar-refractivity contribution >= 4 is 43.5 Å². The van der Waals surface area contributed by atoms with Gasteiger partial charge in [0.15, 0.2) is 21.6 Å². The molecule has 0 aliphatic carbocycles. The third-order valence-electron chi connectivity index (χ3n) is 6.33. The SMILES string of the molecule is CCC(C)[C@H](CC(=O)[C@H](CCCN=C(N)N)NS(=O)(=O)c1ccc(C)cc1)C(=O)N[C@H](/C=C/S(C)(=O)=O)CC(=O)O. The van der Waals surface area contributed by atoms with Crippen LogP contribution in [0.3, 0.4) is 0 Å². The molecule has 0 spiro atoms. The molecular weight excluding hydrogens is 574 g/mol. The maximum absolute atomic E-state index is 13.5. The maximum Gasteiger partial charge on any atom is 0.305 e. The van der Waals surface area contributed by atoms with Crippen molar-refractivity contribution in [2.75, 3.05) is 12.8 Å². The molecule has 0 aliphatic heterocycles. The number of amides is 1. The molecule has 0 bridgehead atoms. The van der Waals surface area contributed by atoms with Gasteiger partial charge in [-0.3, -0.25) is 19.4 Å². The highest BCUT2D eigenvalue weighted by molar-refractivity contribution is 7.93. The van der Waals surface area contributed by atoms with Gasteiger partial charge >= 0.3 is 5.97 Å². The zero-order chi connectivity index (χ0) is 31.4. The molecule has 13 nitrogen and oxygen atoms in total. The number of aliphatic carboxylic acids is 1. The highest BCUT2D eigenvalue weighted by Crippen LogP contribution is 2.23. The average molecular weight is 616 g/mol. The van der Waals surface area contributed by atoms with Gasteiger partial charge in [0.2, 0.25) is 15.9 Å². The number of hydrogen-bond acceptors (Lipinski definition) is 8. The third kappa shape index (κ3) is 13.7. The number of ketones is 1. The second-order valence-corrected chi connectivity index (χ2v) is 13.6. The van der Waals surface area contributed by atoms with Crippen LogP contribution in [0.1, 0.15) is 51.5 Å². The van der Waals surface area contributed by atoms with Crippen LogP contribution in [-0.4, -0.2) is 70.4 Å². The van der Waals surface area contributed by atoms with E-state index in [1.807, 2.05) is 0 Å². The van der Waals surface area contributed by atoms with Crippen molar-refractivity contribution in [1.29, 1.82) is 0 Å². The Kier molecular flexibility index (Phi) is 14.1. The summed E-state index contributed by atoms with van der Waals surface area (Å²) in [5, 5.41) is 12.5. The summed E-state index contributed by atoms with van der Waals surface area (Å²) >= 11 is 0. The number of carboxylic acid groups (broad SMARTS) is 1. The number of aryl methyl sites for hydroxylation is 1. The summed E-state index contributed by atoms with van der Waals surface area (Å²) in [5.41, 5.74) is 11.6. The third-order valence-corrected chi connectivity index (χ3v) is 8.47. The van der Waals surface area contributed by atoms with E-state index in [2.05, 4.69) is 15.0 Å². The Balaban J connectivity index is 3.26. The molecular formula is C26H41N5O8S2. The number of sulfonamides is 1. The predicted molar refractivity (Wildman–Crippen MR) is 156 cm³/mol. The summed E-state index contributed by atoms with van der Waals surface area (Å²) < 4.78 is 51.7. The van der Waals surface area contributed by atoms with Crippen molar-refractivity contribution in [3.63, 3.8) is 0 Å². The van der Waals surface area contributed by atoms with Gasteiger partial charge in [-0.25, -0.2) is 21.6 Å². The number of carboxylic acids is 1. The number of guanidine groups is 1. The summed E-state index contributed by atoms with van der Waals surface area (Å²) in [5.74, 6) is -3.91. The van der Waals surface area contributed by atoms with Crippen LogP contribution in [0.25, 0.3) is 0 Å². The lowest BCUT2D eigenvalue weighted by Gasteiger charge is -2.26. The number of carbonyl (C=O) groups is 3. The van der Waals surface area contributed by atoms with Gasteiger partial charge < -0.3 is 21.9 Å². The molecule has 230 valence electrons. The van der Waals surface area contributed by atoms with E-state index in [-0.39, 0.29) is 42.6 Å². The molecule has 0 aromatic heterocycles. The molecule has 0 aliphatic rings. The number of hydrogen-bond donors (Lipinski definition) is 5. The Labute approximate surface area is 241 Å². The van der Waals surface area contributed by atoms with Crippen LogP contribution in [0.5, 0.6) is 0 Å². The summed E-state index contributed by atoms with van der Waals surface area (Å²) in [6.07, 6.45) is 1.87. The van der Waals surface area contributed by atoms with Crippen LogP contribution >= 0.6 is 0 Å². The van der Waals surface area contributed by atoms with Crippen LogP contribution < -0.4 is 21.5 Å². The van der Waals surface area contributed by atoms with Gasteiger partial charge in [-0.1, -0.05) is 44.0 Å². The molecule has 0 saturated heterocycles. The second kappa shape index (κ2) is 16.2. The highest BCUT2D eigenvalue weighted by Gasteiger charge is 2.33. The lowest BCUT2D eigenvalue weighted by atomic mass is 9.84. The molecule has 0 heterocycles. The van der Waals surface area contributed by atoms with Gasteiger partial charge in [0.05, 0.1) is 23.4 Å². The van der Waals surface area contributed by atoms with Crippen LogP contribution in [0.15, 0.2) is 45.6 Å². The van der Waals surface area contributed by atoms with E-state index in [4.69, 9.17) is 11.5 Å². The zero-order valence-corrected chi connectivity index (χ0v) is 25.4. The number of aliphatic imine (C=N–C) groups is 1. The monoisotopic (exact) mass is 615 g/mol. The summed E-state index contributed by atoms with van der Waals surface area (Å²) in [6, 6.07) is 3.74. The smallest absolute Gasteiger partial charge is 0.305 e. The number of nitrogens with one attached hydrogen (secondary N) is 2. The zero-order valence-electron chi connectivity index (χ0n) is 23.7. The molecule has 4 atom stereocenters. The van der Waals surface area contributed by atoms with Crippen LogP contribution in [0.4, 0.5) is 0 Å². The standard InChI is InChI=1S/C26H41N5O8S2/c1-5-18(3)21(25(35)30-19(15-24(33)34)12-14-40(4,36)37)16-23(32)22(7-6-13-29-26(27)28)31-41(38,39)20-10-8-17(2)9-11-20/h8-12,14,18-19,21-22,31H,5-7,13,15-16H2,1-4H3,(H,30,35)(H,33,34)(H4,27,28,29)/b14-12+/t18?,19-,21+,22+/m1/s1. The average Bonchev–Trinajstić information content (AvgIpc) is 2.86. The van der Waals surface area contributed by atoms with Crippen molar-refractivity contribution in [2.45, 2.75) is 69.9 Å². The molecule has 1 aromatic rings. The minimum Gasteiger partial charge on any atom is -0.481 e. The number of sulfone groups is 1. The molecule has 0 radical (unpaired) electrons. The second-order valence-electron chi connectivity index (χ2n) is 9.97. The normalized spacial score (nSPS) is 15.0. The molecule has 1 unspecified atom stereocenters. The van der Waals surface area contributed by atoms with Gasteiger partial charge in [0.1, 0.15) is 0 Å². The molecule has 41 heavy (non-hydrogen) atoms. The van der Waals surface area contributed by atoms with E-state index in [1.54, 1.807) is 32.9 Å². The molecule has 7 N–H and O–H groups in total. The van der Waals surface area contributed by atoms with E-state index in [1.165, 1.54) is 12.1 Å². The van der Waals surface area contributed by atoms with Crippen molar-refractivity contribution in [2.24, 2.45) is 28.3 Å². The number of rotatable bonds is 18. The first kappa shape index (κ1) is 35.7. The van der Waals surface area contributed by atoms with Gasteiger partial charge in [0, 0.05) is 30.5 Å². The van der Waals surface area contributed by atoms with E-state index in [9.17, 15) is 36.3 Å². The Morgan fingerprint density at radius 1 is 1.07 bits per heavy atom. The fourth-order valence-corrected chi connectivity index (χ4v) is 5.57. The van der Waals surface area contributed by atoms with E-state index in [0.29, 0.717) is 6.42 Å². The van der Waals surface area contributed by atoms with E-state index in [0.717, 1.165) is 23.3 Å². The van der Waals surface area contributed by atoms with Crippen LogP contribution in [-0.2, 0) is 34.2 Å². The Morgan fingerprint density at radius 2 is 1.68 bits per heavy atom. The first-order valence-electron chi connectivity index (χ1n) is 13.0. The highest BCUT2D eigenvalue weighted by atomic mass is 32.2. The quantitative estimate of drug-likeness (QED) is 0.0887. The number of nitrogens with zero attached hydrogens (tertiary/aromatic N) is 1. The molecule has 1 aromatic carbocycles. The minimum absolute atomic E-state index is 0.0319. The number of Topliss-reactive ketones (excluding diaryl/α,β-unsaturated/α-hetero) is 1. The Hall–Kier alpha value is -3.30. The first-order chi connectivity index (χ1) is 18.9. The Bertz CT molecular complexity index is 1320.